The number of benzene rings is 1. The standard InChI is InChI=1S/C25H28N6O5/c1-2-21(24-27-28-29-31(24)14-19-6-4-8-34-19)30(13-18-5-3-7-33-18)12-17-9-16-10-22-23(36-15-35-22)11-20(16)26-25(17)32/h3,5,7,9-11,19,21H,2,4,6,8,12-15H2,1H3,(H,26,32)/t19-,21+/m0/s1. The molecule has 2 aliphatic heterocycles. The predicted octanol–water partition coefficient (Wildman–Crippen LogP) is 3.17. The molecule has 0 spiro atoms. The third kappa shape index (κ3) is 4.47. The Bertz CT molecular complexity index is 1390. The number of nitrogens with one attached hydrogen (secondary N) is 1. The summed E-state index contributed by atoms with van der Waals surface area (Å²) in [5.41, 5.74) is 1.18. The van der Waals surface area contributed by atoms with Crippen molar-refractivity contribution in [2.75, 3.05) is 13.4 Å². The van der Waals surface area contributed by atoms with E-state index in [0.717, 1.165) is 42.8 Å². The van der Waals surface area contributed by atoms with Gasteiger partial charge in [-0.2, -0.15) is 0 Å². The Labute approximate surface area is 206 Å². The second kappa shape index (κ2) is 9.75. The number of pyridine rings is 1. The van der Waals surface area contributed by atoms with Gasteiger partial charge in [0, 0.05) is 30.2 Å². The summed E-state index contributed by atoms with van der Waals surface area (Å²) in [6, 6.07) is 9.26. The second-order valence-electron chi connectivity index (χ2n) is 9.18. The highest BCUT2D eigenvalue weighted by Gasteiger charge is 2.28. The molecule has 11 nitrogen and oxygen atoms in total. The molecule has 1 fully saturated rings. The van der Waals surface area contributed by atoms with E-state index in [1.165, 1.54) is 0 Å². The highest BCUT2D eigenvalue weighted by Crippen LogP contribution is 2.35. The molecule has 1 saturated heterocycles. The number of nitrogens with zero attached hydrogens (tertiary/aromatic N) is 5. The van der Waals surface area contributed by atoms with Crippen LogP contribution in [0.4, 0.5) is 0 Å². The molecule has 1 aromatic carbocycles. The molecule has 0 bridgehead atoms. The maximum Gasteiger partial charge on any atom is 0.252 e. The largest absolute Gasteiger partial charge is 0.468 e. The number of aromatic amines is 1. The Balaban J connectivity index is 1.34. The summed E-state index contributed by atoms with van der Waals surface area (Å²) in [7, 11) is 0. The minimum absolute atomic E-state index is 0.111. The van der Waals surface area contributed by atoms with E-state index >= 15 is 0 Å². The first-order chi connectivity index (χ1) is 17.7. The molecular weight excluding hydrogens is 464 g/mol. The van der Waals surface area contributed by atoms with Gasteiger partial charge in [-0.25, -0.2) is 4.68 Å². The zero-order valence-electron chi connectivity index (χ0n) is 20.1. The Hall–Kier alpha value is -3.70. The first kappa shape index (κ1) is 22.7. The molecule has 2 aliphatic rings. The minimum Gasteiger partial charge on any atom is -0.468 e. The average molecular weight is 493 g/mol. The number of rotatable bonds is 9. The molecule has 188 valence electrons. The normalized spacial score (nSPS) is 17.9. The van der Waals surface area contributed by atoms with E-state index in [-0.39, 0.29) is 24.5 Å². The van der Waals surface area contributed by atoms with E-state index in [4.69, 9.17) is 18.6 Å². The molecule has 1 N–H and O–H groups in total. The van der Waals surface area contributed by atoms with Crippen molar-refractivity contribution < 1.29 is 18.6 Å². The van der Waals surface area contributed by atoms with Crippen molar-refractivity contribution in [1.82, 2.24) is 30.1 Å². The van der Waals surface area contributed by atoms with Crippen LogP contribution in [0.3, 0.4) is 0 Å². The van der Waals surface area contributed by atoms with Gasteiger partial charge in [0.2, 0.25) is 6.79 Å². The summed E-state index contributed by atoms with van der Waals surface area (Å²) in [5.74, 6) is 2.86. The van der Waals surface area contributed by atoms with E-state index in [2.05, 4.69) is 32.3 Å². The fourth-order valence-corrected chi connectivity index (χ4v) is 5.02. The molecule has 0 amide bonds. The van der Waals surface area contributed by atoms with Gasteiger partial charge < -0.3 is 23.6 Å². The smallest absolute Gasteiger partial charge is 0.252 e. The van der Waals surface area contributed by atoms with Crippen LogP contribution in [0.25, 0.3) is 10.9 Å². The molecule has 4 aromatic rings. The predicted molar refractivity (Wildman–Crippen MR) is 128 cm³/mol. The molecule has 0 unspecified atom stereocenters. The van der Waals surface area contributed by atoms with Gasteiger partial charge in [0.15, 0.2) is 17.3 Å². The van der Waals surface area contributed by atoms with Crippen molar-refractivity contribution >= 4 is 10.9 Å². The number of furan rings is 1. The minimum atomic E-state index is -0.153. The first-order valence-corrected chi connectivity index (χ1v) is 12.3. The van der Waals surface area contributed by atoms with Crippen LogP contribution in [0.5, 0.6) is 11.5 Å². The van der Waals surface area contributed by atoms with Crippen molar-refractivity contribution in [1.29, 1.82) is 0 Å². The van der Waals surface area contributed by atoms with Crippen LogP contribution >= 0.6 is 0 Å². The Morgan fingerprint density at radius 3 is 2.89 bits per heavy atom. The van der Waals surface area contributed by atoms with Gasteiger partial charge >= 0.3 is 0 Å². The molecule has 0 radical (unpaired) electrons. The molecule has 6 rings (SSSR count). The number of hydrogen-bond donors (Lipinski definition) is 1. The van der Waals surface area contributed by atoms with Gasteiger partial charge in [-0.1, -0.05) is 6.92 Å². The van der Waals surface area contributed by atoms with E-state index in [1.54, 1.807) is 12.3 Å². The quantitative estimate of drug-likeness (QED) is 0.375. The van der Waals surface area contributed by atoms with Crippen LogP contribution in [-0.2, 0) is 24.4 Å². The van der Waals surface area contributed by atoms with Gasteiger partial charge in [0.1, 0.15) is 5.76 Å². The van der Waals surface area contributed by atoms with Crippen molar-refractivity contribution in [3.63, 3.8) is 0 Å². The fourth-order valence-electron chi connectivity index (χ4n) is 5.02. The van der Waals surface area contributed by atoms with Crippen molar-refractivity contribution in [2.24, 2.45) is 0 Å². The fraction of sp³-hybridized carbons (Fsp3) is 0.440. The number of aromatic nitrogens is 5. The first-order valence-electron chi connectivity index (χ1n) is 12.3. The summed E-state index contributed by atoms with van der Waals surface area (Å²) in [6.07, 6.45) is 4.56. The lowest BCUT2D eigenvalue weighted by molar-refractivity contribution is 0.0882. The van der Waals surface area contributed by atoms with Gasteiger partial charge in [0.05, 0.1) is 37.0 Å². The molecule has 5 heterocycles. The number of hydrogen-bond acceptors (Lipinski definition) is 9. The molecule has 0 saturated carbocycles. The lowest BCUT2D eigenvalue weighted by atomic mass is 10.1. The van der Waals surface area contributed by atoms with Crippen LogP contribution in [-0.4, -0.2) is 49.6 Å². The lowest BCUT2D eigenvalue weighted by Crippen LogP contribution is -2.33. The summed E-state index contributed by atoms with van der Waals surface area (Å²) < 4.78 is 24.3. The third-order valence-electron chi connectivity index (χ3n) is 6.81. The van der Waals surface area contributed by atoms with Gasteiger partial charge in [-0.3, -0.25) is 9.69 Å². The van der Waals surface area contributed by atoms with Gasteiger partial charge in [0.25, 0.3) is 5.56 Å². The summed E-state index contributed by atoms with van der Waals surface area (Å²) in [6.45, 7) is 4.53. The number of fused-ring (bicyclic) bond motifs is 2. The third-order valence-corrected chi connectivity index (χ3v) is 6.81. The summed E-state index contributed by atoms with van der Waals surface area (Å²) in [4.78, 5) is 18.3. The Kier molecular flexibility index (Phi) is 6.16. The van der Waals surface area contributed by atoms with Crippen molar-refractivity contribution in [3.05, 3.63) is 64.1 Å². The molecule has 3 aromatic heterocycles. The van der Waals surface area contributed by atoms with Crippen LogP contribution in [0.15, 0.2) is 45.8 Å². The zero-order valence-corrected chi connectivity index (χ0v) is 20.1. The van der Waals surface area contributed by atoms with Crippen molar-refractivity contribution in [3.8, 4) is 11.5 Å². The molecule has 11 heteroatoms. The zero-order chi connectivity index (χ0) is 24.5. The van der Waals surface area contributed by atoms with Crippen molar-refractivity contribution in [2.45, 2.75) is 58.0 Å². The van der Waals surface area contributed by atoms with Gasteiger partial charge in [-0.05, 0) is 54.0 Å². The van der Waals surface area contributed by atoms with Crippen LogP contribution in [0.1, 0.15) is 49.4 Å². The SMILES string of the molecule is CC[C@H](c1nnnn1C[C@@H]1CCCO1)N(Cc1ccco1)Cc1cc2cc3c(cc2[nH]c1=O)OCO3. The number of ether oxygens (including phenoxy) is 3. The number of tetrazole rings is 1. The van der Waals surface area contributed by atoms with Gasteiger partial charge in [-0.15, -0.1) is 5.10 Å². The maximum atomic E-state index is 13.1. The highest BCUT2D eigenvalue weighted by atomic mass is 16.7. The molecular formula is C25H28N6O5. The average Bonchev–Trinajstić information content (AvgIpc) is 3.68. The summed E-state index contributed by atoms with van der Waals surface area (Å²) >= 11 is 0. The second-order valence-corrected chi connectivity index (χ2v) is 9.18. The van der Waals surface area contributed by atoms with Crippen LogP contribution in [0, 0.1) is 0 Å². The van der Waals surface area contributed by atoms with E-state index in [0.29, 0.717) is 42.2 Å². The van der Waals surface area contributed by atoms with E-state index < -0.39 is 0 Å². The van der Waals surface area contributed by atoms with E-state index in [9.17, 15) is 4.79 Å². The summed E-state index contributed by atoms with van der Waals surface area (Å²) in [5, 5.41) is 13.5. The van der Waals surface area contributed by atoms with Crippen LogP contribution in [0.2, 0.25) is 0 Å². The van der Waals surface area contributed by atoms with Crippen LogP contribution < -0.4 is 15.0 Å². The monoisotopic (exact) mass is 492 g/mol. The molecule has 36 heavy (non-hydrogen) atoms. The Morgan fingerprint density at radius 1 is 1.22 bits per heavy atom. The Morgan fingerprint density at radius 2 is 2.11 bits per heavy atom. The highest BCUT2D eigenvalue weighted by molar-refractivity contribution is 5.83. The number of H-pyrrole nitrogens is 1. The maximum absolute atomic E-state index is 13.1. The molecule has 0 aliphatic carbocycles. The lowest BCUT2D eigenvalue weighted by Gasteiger charge is -2.29. The molecule has 2 atom stereocenters. The van der Waals surface area contributed by atoms with E-state index in [1.807, 2.05) is 28.9 Å². The topological polar surface area (TPSA) is 121 Å².